The Morgan fingerprint density at radius 2 is 1.88 bits per heavy atom. The van der Waals surface area contributed by atoms with Crippen LogP contribution in [0.25, 0.3) is 11.3 Å². The average Bonchev–Trinajstić information content (AvgIpc) is 3.45. The van der Waals surface area contributed by atoms with Gasteiger partial charge < -0.3 is 30.8 Å². The number of aromatic nitrogens is 2. The number of hydrogen-bond donors (Lipinski definition) is 4. The van der Waals surface area contributed by atoms with Crippen molar-refractivity contribution in [3.05, 3.63) is 80.3 Å². The molecule has 9 heteroatoms. The maximum Gasteiger partial charge on any atom is 0.253 e. The summed E-state index contributed by atoms with van der Waals surface area (Å²) in [4.78, 5) is 38.4. The fraction of sp³-hybridized carbons (Fsp3) is 0.438. The van der Waals surface area contributed by atoms with Crippen LogP contribution in [0.3, 0.4) is 0 Å². The summed E-state index contributed by atoms with van der Waals surface area (Å²) in [7, 11) is 2.16. The monoisotopic (exact) mass is 557 g/mol. The van der Waals surface area contributed by atoms with Crippen molar-refractivity contribution in [3.63, 3.8) is 0 Å². The van der Waals surface area contributed by atoms with Gasteiger partial charge in [0.2, 0.25) is 0 Å². The number of nitrogens with one attached hydrogen (secondary N) is 4. The maximum atomic E-state index is 13.4. The molecule has 3 aromatic rings. The number of aryl methyl sites for hydroxylation is 2. The average molecular weight is 558 g/mol. The molecule has 4 rings (SSSR count). The lowest BCUT2D eigenvalue weighted by molar-refractivity contribution is 0.0950. The second-order valence-corrected chi connectivity index (χ2v) is 11.4. The Labute approximate surface area is 242 Å². The molecule has 218 valence electrons. The molecular formula is C32H43N7O2. The minimum absolute atomic E-state index is 0.0552. The fourth-order valence-corrected chi connectivity index (χ4v) is 5.28. The summed E-state index contributed by atoms with van der Waals surface area (Å²) < 4.78 is 0. The maximum absolute atomic E-state index is 13.4. The second-order valence-electron chi connectivity index (χ2n) is 11.4. The predicted molar refractivity (Wildman–Crippen MR) is 166 cm³/mol. The van der Waals surface area contributed by atoms with E-state index >= 15 is 0 Å². The van der Waals surface area contributed by atoms with E-state index in [-0.39, 0.29) is 24.1 Å². The summed E-state index contributed by atoms with van der Waals surface area (Å²) in [5.41, 5.74) is 5.37. The topological polar surface area (TPSA) is 117 Å². The van der Waals surface area contributed by atoms with Gasteiger partial charge in [-0.25, -0.2) is 4.98 Å². The quantitative estimate of drug-likeness (QED) is 0.246. The first kappa shape index (κ1) is 30.1. The number of carbonyl (C=O) groups excluding carboxylic acids is 1. The zero-order valence-corrected chi connectivity index (χ0v) is 24.9. The summed E-state index contributed by atoms with van der Waals surface area (Å²) in [6, 6.07) is 11.9. The molecule has 1 aliphatic rings. The molecule has 1 saturated heterocycles. The molecule has 1 aromatic carbocycles. The van der Waals surface area contributed by atoms with Crippen molar-refractivity contribution in [2.75, 3.05) is 38.5 Å². The van der Waals surface area contributed by atoms with Crippen molar-refractivity contribution in [2.24, 2.45) is 0 Å². The largest absolute Gasteiger partial charge is 0.367 e. The predicted octanol–water partition coefficient (Wildman–Crippen LogP) is 4.33. The third-order valence-corrected chi connectivity index (χ3v) is 7.49. The van der Waals surface area contributed by atoms with E-state index in [1.54, 1.807) is 6.07 Å². The van der Waals surface area contributed by atoms with Crippen molar-refractivity contribution < 1.29 is 4.79 Å². The Morgan fingerprint density at radius 1 is 1.17 bits per heavy atom. The Hall–Kier alpha value is -3.82. The normalized spacial score (nSPS) is 13.6. The van der Waals surface area contributed by atoms with Gasteiger partial charge in [0.1, 0.15) is 5.82 Å². The minimum atomic E-state index is -0.366. The molecule has 0 unspecified atom stereocenters. The van der Waals surface area contributed by atoms with Crippen LogP contribution >= 0.6 is 0 Å². The highest BCUT2D eigenvalue weighted by molar-refractivity contribution is 6.05. The van der Waals surface area contributed by atoms with Crippen LogP contribution in [0.15, 0.2) is 41.2 Å². The molecule has 3 heterocycles. The van der Waals surface area contributed by atoms with Crippen LogP contribution in [0.5, 0.6) is 0 Å². The molecule has 2 aromatic heterocycles. The molecule has 0 aliphatic carbocycles. The second kappa shape index (κ2) is 13.7. The highest BCUT2D eigenvalue weighted by Gasteiger charge is 2.19. The van der Waals surface area contributed by atoms with Crippen molar-refractivity contribution in [1.82, 2.24) is 25.1 Å². The first-order chi connectivity index (χ1) is 19.6. The van der Waals surface area contributed by atoms with Gasteiger partial charge in [0.15, 0.2) is 0 Å². The molecule has 1 aliphatic heterocycles. The van der Waals surface area contributed by atoms with Crippen LogP contribution < -0.4 is 16.2 Å². The van der Waals surface area contributed by atoms with Gasteiger partial charge in [-0.3, -0.25) is 9.59 Å². The van der Waals surface area contributed by atoms with E-state index in [4.69, 9.17) is 10.4 Å². The molecule has 1 fully saturated rings. The number of rotatable bonds is 12. The first-order valence-electron chi connectivity index (χ1n) is 14.4. The molecule has 4 N–H and O–H groups in total. The van der Waals surface area contributed by atoms with Crippen LogP contribution in [0.4, 0.5) is 5.82 Å². The highest BCUT2D eigenvalue weighted by Crippen LogP contribution is 2.26. The van der Waals surface area contributed by atoms with E-state index in [0.717, 1.165) is 42.7 Å². The Balaban J connectivity index is 1.55. The lowest BCUT2D eigenvalue weighted by Gasteiger charge is -2.21. The molecule has 0 radical (unpaired) electrons. The molecular weight excluding hydrogens is 514 g/mol. The van der Waals surface area contributed by atoms with Gasteiger partial charge >= 0.3 is 0 Å². The summed E-state index contributed by atoms with van der Waals surface area (Å²) in [5.74, 6) is 0.113. The zero-order chi connectivity index (χ0) is 29.5. The summed E-state index contributed by atoms with van der Waals surface area (Å²) in [6.45, 7) is 13.2. The van der Waals surface area contributed by atoms with Gasteiger partial charge in [0.25, 0.3) is 11.5 Å². The summed E-state index contributed by atoms with van der Waals surface area (Å²) >= 11 is 0. The van der Waals surface area contributed by atoms with Crippen LogP contribution in [0.2, 0.25) is 0 Å². The molecule has 0 bridgehead atoms. The first-order valence-corrected chi connectivity index (χ1v) is 14.4. The van der Waals surface area contributed by atoms with Crippen LogP contribution in [-0.4, -0.2) is 71.2 Å². The fourth-order valence-electron chi connectivity index (χ4n) is 5.28. The molecule has 41 heavy (non-hydrogen) atoms. The van der Waals surface area contributed by atoms with Crippen LogP contribution in [0.1, 0.15) is 65.0 Å². The van der Waals surface area contributed by atoms with E-state index in [9.17, 15) is 9.59 Å². The third-order valence-electron chi connectivity index (χ3n) is 7.49. The lowest BCUT2D eigenvalue weighted by Crippen LogP contribution is -2.31. The van der Waals surface area contributed by atoms with Crippen molar-refractivity contribution in [1.29, 1.82) is 5.41 Å². The number of pyridine rings is 2. The number of benzene rings is 1. The Bertz CT molecular complexity index is 1420. The number of H-pyrrole nitrogens is 1. The number of anilines is 1. The summed E-state index contributed by atoms with van der Waals surface area (Å²) in [6.07, 6.45) is 3.77. The SMILES string of the molecule is Cc1cc(C)c(CNC(=O)c2cc(-c3ccc(CN(C)CCN4CCCC4)cc3)nc(NC(C)C)c2C=N)c(=O)[nH]1. The number of nitrogens with zero attached hydrogens (tertiary/aromatic N) is 3. The zero-order valence-electron chi connectivity index (χ0n) is 24.9. The molecule has 0 saturated carbocycles. The van der Waals surface area contributed by atoms with E-state index < -0.39 is 0 Å². The van der Waals surface area contributed by atoms with Crippen LogP contribution in [0, 0.1) is 19.3 Å². The molecule has 1 amide bonds. The number of hydrogen-bond acceptors (Lipinski definition) is 7. The number of carbonyl (C=O) groups is 1. The number of amides is 1. The standard InChI is InChI=1S/C32H43N7O2/c1-21(2)35-30-27(18-33)26(31(40)34-19-28-22(3)16-23(4)36-32(28)41)17-29(37-30)25-10-8-24(9-11-25)20-38(5)14-15-39-12-6-7-13-39/h8-11,16-18,21,33H,6-7,12-15,19-20H2,1-5H3,(H,34,40)(H,35,37)(H,36,41). The Kier molecular flexibility index (Phi) is 10.1. The third kappa shape index (κ3) is 7.89. The number of likely N-dealkylation sites (N-methyl/N-ethyl adjacent to an activating group) is 1. The highest BCUT2D eigenvalue weighted by atomic mass is 16.1. The van der Waals surface area contributed by atoms with Crippen molar-refractivity contribution >= 4 is 17.9 Å². The van der Waals surface area contributed by atoms with E-state index in [0.29, 0.717) is 28.2 Å². The van der Waals surface area contributed by atoms with E-state index in [1.807, 2.05) is 45.9 Å². The molecule has 0 atom stereocenters. The van der Waals surface area contributed by atoms with Gasteiger partial charge in [-0.15, -0.1) is 0 Å². The van der Waals surface area contributed by atoms with Gasteiger partial charge in [-0.05, 0) is 83.9 Å². The van der Waals surface area contributed by atoms with E-state index in [2.05, 4.69) is 44.6 Å². The van der Waals surface area contributed by atoms with Gasteiger partial charge in [0.05, 0.1) is 11.3 Å². The molecule has 9 nitrogen and oxygen atoms in total. The lowest BCUT2D eigenvalue weighted by atomic mass is 10.0. The smallest absolute Gasteiger partial charge is 0.253 e. The number of likely N-dealkylation sites (tertiary alicyclic amines) is 1. The van der Waals surface area contributed by atoms with Crippen LogP contribution in [-0.2, 0) is 13.1 Å². The van der Waals surface area contributed by atoms with Gasteiger partial charge in [-0.2, -0.15) is 0 Å². The summed E-state index contributed by atoms with van der Waals surface area (Å²) in [5, 5.41) is 14.2. The van der Waals surface area contributed by atoms with Gasteiger partial charge in [-0.1, -0.05) is 24.3 Å². The molecule has 0 spiro atoms. The van der Waals surface area contributed by atoms with Crippen molar-refractivity contribution in [2.45, 2.75) is 59.7 Å². The Morgan fingerprint density at radius 3 is 2.51 bits per heavy atom. The number of aromatic amines is 1. The van der Waals surface area contributed by atoms with E-state index in [1.165, 1.54) is 31.5 Å². The van der Waals surface area contributed by atoms with Gasteiger partial charge in [0, 0.05) is 60.8 Å². The minimum Gasteiger partial charge on any atom is -0.367 e. The van der Waals surface area contributed by atoms with Crippen molar-refractivity contribution in [3.8, 4) is 11.3 Å².